The van der Waals surface area contributed by atoms with E-state index in [0.717, 1.165) is 55.1 Å². The van der Waals surface area contributed by atoms with Crippen molar-refractivity contribution in [1.82, 2.24) is 29.2 Å². The van der Waals surface area contributed by atoms with E-state index < -0.39 is 0 Å². The lowest BCUT2D eigenvalue weighted by Gasteiger charge is -2.32. The third kappa shape index (κ3) is 4.55. The minimum atomic E-state index is 0.228. The van der Waals surface area contributed by atoms with Crippen molar-refractivity contribution in [3.05, 3.63) is 54.4 Å². The van der Waals surface area contributed by atoms with Crippen LogP contribution >= 0.6 is 0 Å². The van der Waals surface area contributed by atoms with E-state index in [2.05, 4.69) is 26.6 Å². The number of nitrogens with zero attached hydrogens (tertiary/aromatic N) is 6. The van der Waals surface area contributed by atoms with Gasteiger partial charge >= 0.3 is 0 Å². The molecule has 0 saturated carbocycles. The maximum atomic E-state index is 12.6. The van der Waals surface area contributed by atoms with Crippen molar-refractivity contribution in [2.24, 2.45) is 5.92 Å². The Bertz CT molecular complexity index is 953. The summed E-state index contributed by atoms with van der Waals surface area (Å²) in [5, 5.41) is 4.26. The first-order valence-electron chi connectivity index (χ1n) is 10.3. The number of amides is 1. The summed E-state index contributed by atoms with van der Waals surface area (Å²) >= 11 is 0. The molecule has 1 amide bonds. The van der Waals surface area contributed by atoms with Crippen LogP contribution < -0.4 is 0 Å². The highest BCUT2D eigenvalue weighted by atomic mass is 16.2. The number of imidazole rings is 1. The van der Waals surface area contributed by atoms with Crippen molar-refractivity contribution in [2.45, 2.75) is 46.2 Å². The predicted octanol–water partition coefficient (Wildman–Crippen LogP) is 3.09. The van der Waals surface area contributed by atoms with Gasteiger partial charge in [0.2, 0.25) is 5.91 Å². The SMILES string of the molecule is Cc1cnn(CCC(=O)N2CCC(Cn3c(C)cnc3-c3cccnc3)CC2)c1. The number of aromatic nitrogens is 5. The Morgan fingerprint density at radius 2 is 2.00 bits per heavy atom. The molecule has 7 heteroatoms. The van der Waals surface area contributed by atoms with Gasteiger partial charge in [0.1, 0.15) is 5.82 Å². The first-order chi connectivity index (χ1) is 14.1. The van der Waals surface area contributed by atoms with Crippen molar-refractivity contribution in [3.8, 4) is 11.4 Å². The highest BCUT2D eigenvalue weighted by Gasteiger charge is 2.24. The lowest BCUT2D eigenvalue weighted by atomic mass is 9.96. The zero-order chi connectivity index (χ0) is 20.2. The van der Waals surface area contributed by atoms with Crippen LogP contribution in [-0.4, -0.2) is 48.2 Å². The van der Waals surface area contributed by atoms with Gasteiger partial charge in [-0.05, 0) is 50.3 Å². The van der Waals surface area contributed by atoms with Gasteiger partial charge in [0.15, 0.2) is 0 Å². The number of hydrogen-bond donors (Lipinski definition) is 0. The zero-order valence-corrected chi connectivity index (χ0v) is 17.2. The van der Waals surface area contributed by atoms with Crippen LogP contribution in [0.2, 0.25) is 0 Å². The quantitative estimate of drug-likeness (QED) is 0.646. The van der Waals surface area contributed by atoms with E-state index in [-0.39, 0.29) is 5.91 Å². The smallest absolute Gasteiger partial charge is 0.224 e. The second kappa shape index (κ2) is 8.59. The summed E-state index contributed by atoms with van der Waals surface area (Å²) in [4.78, 5) is 23.4. The summed E-state index contributed by atoms with van der Waals surface area (Å²) in [5.41, 5.74) is 3.33. The van der Waals surface area contributed by atoms with Crippen molar-refractivity contribution < 1.29 is 4.79 Å². The molecule has 152 valence electrons. The molecule has 0 unspecified atom stereocenters. The summed E-state index contributed by atoms with van der Waals surface area (Å²) in [5.74, 6) is 1.76. The average Bonchev–Trinajstić information content (AvgIpc) is 3.33. The number of aryl methyl sites for hydroxylation is 3. The Balaban J connectivity index is 1.31. The normalized spacial score (nSPS) is 15.0. The third-order valence-corrected chi connectivity index (χ3v) is 5.70. The van der Waals surface area contributed by atoms with Gasteiger partial charge < -0.3 is 9.47 Å². The number of likely N-dealkylation sites (tertiary alicyclic amines) is 1. The van der Waals surface area contributed by atoms with E-state index in [1.54, 1.807) is 6.20 Å². The molecule has 0 radical (unpaired) electrons. The fourth-order valence-corrected chi connectivity index (χ4v) is 4.00. The highest BCUT2D eigenvalue weighted by Crippen LogP contribution is 2.25. The van der Waals surface area contributed by atoms with Crippen LogP contribution in [0.5, 0.6) is 0 Å². The maximum Gasteiger partial charge on any atom is 0.224 e. The van der Waals surface area contributed by atoms with E-state index in [4.69, 9.17) is 0 Å². The number of piperidine rings is 1. The second-order valence-electron chi connectivity index (χ2n) is 7.93. The molecule has 1 fully saturated rings. The fraction of sp³-hybridized carbons (Fsp3) is 0.455. The van der Waals surface area contributed by atoms with E-state index in [1.165, 1.54) is 0 Å². The van der Waals surface area contributed by atoms with E-state index >= 15 is 0 Å². The van der Waals surface area contributed by atoms with Crippen molar-refractivity contribution in [3.63, 3.8) is 0 Å². The van der Waals surface area contributed by atoms with Crippen molar-refractivity contribution in [2.75, 3.05) is 13.1 Å². The van der Waals surface area contributed by atoms with Gasteiger partial charge in [-0.25, -0.2) is 4.98 Å². The summed E-state index contributed by atoms with van der Waals surface area (Å²) < 4.78 is 4.14. The van der Waals surface area contributed by atoms with Gasteiger partial charge in [0.05, 0.1) is 6.20 Å². The molecule has 0 spiro atoms. The number of carbonyl (C=O) groups excluding carboxylic acids is 1. The van der Waals surface area contributed by atoms with Gasteiger partial charge in [-0.3, -0.25) is 14.5 Å². The molecule has 0 aromatic carbocycles. The Hall–Kier alpha value is -2.96. The Morgan fingerprint density at radius 3 is 2.69 bits per heavy atom. The highest BCUT2D eigenvalue weighted by molar-refractivity contribution is 5.76. The lowest BCUT2D eigenvalue weighted by Crippen LogP contribution is -2.39. The molecule has 3 aromatic rings. The van der Waals surface area contributed by atoms with Crippen LogP contribution in [0.15, 0.2) is 43.1 Å². The van der Waals surface area contributed by atoms with Crippen LogP contribution in [0.25, 0.3) is 11.4 Å². The standard InChI is InChI=1S/C22H28N6O/c1-17-12-25-27(15-17)11-7-21(29)26-9-5-19(6-10-26)16-28-18(2)13-24-22(28)20-4-3-8-23-14-20/h3-4,8,12-15,19H,5-7,9-11,16H2,1-2H3. The summed E-state index contributed by atoms with van der Waals surface area (Å²) in [6.07, 6.45) is 11.9. The molecule has 3 aromatic heterocycles. The van der Waals surface area contributed by atoms with Crippen LogP contribution in [0, 0.1) is 19.8 Å². The van der Waals surface area contributed by atoms with Gasteiger partial charge in [0.25, 0.3) is 0 Å². The molecule has 7 nitrogen and oxygen atoms in total. The molecular weight excluding hydrogens is 364 g/mol. The number of pyridine rings is 1. The van der Waals surface area contributed by atoms with Crippen LogP contribution in [0.4, 0.5) is 0 Å². The Kier molecular flexibility index (Phi) is 5.74. The van der Waals surface area contributed by atoms with E-state index in [1.807, 2.05) is 53.4 Å². The zero-order valence-electron chi connectivity index (χ0n) is 17.2. The number of rotatable bonds is 6. The van der Waals surface area contributed by atoms with Gasteiger partial charge in [0, 0.05) is 68.6 Å². The topological polar surface area (TPSA) is 68.8 Å². The van der Waals surface area contributed by atoms with E-state index in [9.17, 15) is 4.79 Å². The van der Waals surface area contributed by atoms with Crippen LogP contribution in [0.3, 0.4) is 0 Å². The minimum Gasteiger partial charge on any atom is -0.343 e. The molecule has 0 N–H and O–H groups in total. The first kappa shape index (κ1) is 19.4. The number of hydrogen-bond acceptors (Lipinski definition) is 4. The largest absolute Gasteiger partial charge is 0.343 e. The molecule has 4 heterocycles. The maximum absolute atomic E-state index is 12.6. The summed E-state index contributed by atoms with van der Waals surface area (Å²) in [7, 11) is 0. The third-order valence-electron chi connectivity index (χ3n) is 5.70. The first-order valence-corrected chi connectivity index (χ1v) is 10.3. The van der Waals surface area contributed by atoms with Crippen LogP contribution in [-0.2, 0) is 17.9 Å². The van der Waals surface area contributed by atoms with E-state index in [0.29, 0.717) is 18.9 Å². The molecule has 4 rings (SSSR count). The summed E-state index contributed by atoms with van der Waals surface area (Å²) in [6.45, 7) is 7.36. The molecule has 0 atom stereocenters. The Labute approximate surface area is 171 Å². The van der Waals surface area contributed by atoms with Gasteiger partial charge in [-0.15, -0.1) is 0 Å². The number of carbonyl (C=O) groups is 1. The van der Waals surface area contributed by atoms with Gasteiger partial charge in [-0.2, -0.15) is 5.10 Å². The predicted molar refractivity (Wildman–Crippen MR) is 111 cm³/mol. The molecule has 1 saturated heterocycles. The molecule has 1 aliphatic rings. The minimum absolute atomic E-state index is 0.228. The fourth-order valence-electron chi connectivity index (χ4n) is 4.00. The van der Waals surface area contributed by atoms with Crippen molar-refractivity contribution in [1.29, 1.82) is 0 Å². The van der Waals surface area contributed by atoms with Crippen molar-refractivity contribution >= 4 is 5.91 Å². The Morgan fingerprint density at radius 1 is 1.17 bits per heavy atom. The molecular formula is C22H28N6O. The monoisotopic (exact) mass is 392 g/mol. The van der Waals surface area contributed by atoms with Gasteiger partial charge in [-0.1, -0.05) is 0 Å². The molecule has 1 aliphatic heterocycles. The van der Waals surface area contributed by atoms with Crippen LogP contribution in [0.1, 0.15) is 30.5 Å². The molecule has 29 heavy (non-hydrogen) atoms. The molecule has 0 bridgehead atoms. The lowest BCUT2D eigenvalue weighted by molar-refractivity contribution is -0.132. The molecule has 0 aliphatic carbocycles. The average molecular weight is 393 g/mol. The second-order valence-corrected chi connectivity index (χ2v) is 7.93. The summed E-state index contributed by atoms with van der Waals surface area (Å²) in [6, 6.07) is 3.99.